The lowest BCUT2D eigenvalue weighted by Crippen LogP contribution is -2.51. The molecule has 6 heteroatoms. The third kappa shape index (κ3) is 4.18. The number of amides is 1. The molecule has 0 radical (unpaired) electrons. The number of carboxylic acid groups (broad SMARTS) is 1. The number of carbonyl (C=O) groups is 2. The number of nitrogens with one attached hydrogen (secondary N) is 1. The zero-order valence-corrected chi connectivity index (χ0v) is 11.9. The Kier molecular flexibility index (Phi) is 5.75. The van der Waals surface area contributed by atoms with Crippen molar-refractivity contribution in [3.05, 3.63) is 0 Å². The molecule has 1 fully saturated rings. The molecule has 0 saturated carbocycles. The predicted octanol–water partition coefficient (Wildman–Crippen LogP) is 0.324. The van der Waals surface area contributed by atoms with Crippen LogP contribution in [-0.4, -0.2) is 61.3 Å². The van der Waals surface area contributed by atoms with Crippen LogP contribution in [0.2, 0.25) is 0 Å². The van der Waals surface area contributed by atoms with E-state index in [9.17, 15) is 9.59 Å². The number of rotatable bonds is 6. The number of carbonyl (C=O) groups excluding carboxylic acids is 1. The van der Waals surface area contributed by atoms with Crippen molar-refractivity contribution in [1.82, 2.24) is 10.2 Å². The van der Waals surface area contributed by atoms with E-state index >= 15 is 0 Å². The van der Waals surface area contributed by atoms with E-state index in [4.69, 9.17) is 9.84 Å². The second-order valence-corrected chi connectivity index (χ2v) is 5.36. The summed E-state index contributed by atoms with van der Waals surface area (Å²) < 4.78 is 4.88. The van der Waals surface area contributed by atoms with Crippen LogP contribution in [0.15, 0.2) is 0 Å². The first kappa shape index (κ1) is 15.9. The Hall–Kier alpha value is -1.14. The number of piperidine rings is 1. The summed E-state index contributed by atoms with van der Waals surface area (Å²) in [5.74, 6) is -0.777. The van der Waals surface area contributed by atoms with E-state index in [0.717, 1.165) is 0 Å². The molecule has 0 aromatic heterocycles. The fourth-order valence-electron chi connectivity index (χ4n) is 2.21. The van der Waals surface area contributed by atoms with E-state index in [1.54, 1.807) is 14.0 Å². The number of likely N-dealkylation sites (tertiary alicyclic amines) is 1. The maximum atomic E-state index is 11.9. The fourth-order valence-corrected chi connectivity index (χ4v) is 2.21. The normalized spacial score (nSPS) is 20.8. The fraction of sp³-hybridized carbons (Fsp3) is 0.846. The molecule has 1 aliphatic rings. The van der Waals surface area contributed by atoms with E-state index in [1.807, 2.05) is 11.8 Å². The standard InChI is InChI=1S/C13H24N2O4/c1-10(11(16)14-6-9-19-3)15-7-4-13(2,5-8-15)12(17)18/h10H,4-9H2,1-3H3,(H,14,16)(H,17,18). The molecule has 1 rings (SSSR count). The lowest BCUT2D eigenvalue weighted by atomic mass is 9.80. The van der Waals surface area contributed by atoms with Gasteiger partial charge in [0.15, 0.2) is 0 Å². The Morgan fingerprint density at radius 1 is 1.42 bits per heavy atom. The topological polar surface area (TPSA) is 78.9 Å². The van der Waals surface area contributed by atoms with Crippen LogP contribution >= 0.6 is 0 Å². The summed E-state index contributed by atoms with van der Waals surface area (Å²) in [7, 11) is 1.59. The maximum Gasteiger partial charge on any atom is 0.309 e. The van der Waals surface area contributed by atoms with Gasteiger partial charge in [-0.3, -0.25) is 14.5 Å². The minimum absolute atomic E-state index is 0.0315. The van der Waals surface area contributed by atoms with Gasteiger partial charge >= 0.3 is 5.97 Å². The van der Waals surface area contributed by atoms with E-state index in [2.05, 4.69) is 5.32 Å². The van der Waals surface area contributed by atoms with Crippen molar-refractivity contribution >= 4 is 11.9 Å². The largest absolute Gasteiger partial charge is 0.481 e. The minimum Gasteiger partial charge on any atom is -0.481 e. The van der Waals surface area contributed by atoms with Gasteiger partial charge in [0.2, 0.25) is 5.91 Å². The molecule has 2 N–H and O–H groups in total. The number of hydrogen-bond donors (Lipinski definition) is 2. The zero-order chi connectivity index (χ0) is 14.5. The highest BCUT2D eigenvalue weighted by Gasteiger charge is 2.38. The zero-order valence-electron chi connectivity index (χ0n) is 11.9. The van der Waals surface area contributed by atoms with Crippen LogP contribution in [0.25, 0.3) is 0 Å². The van der Waals surface area contributed by atoms with Gasteiger partial charge in [-0.15, -0.1) is 0 Å². The summed E-state index contributed by atoms with van der Waals surface area (Å²) in [6, 6.07) is -0.227. The summed E-state index contributed by atoms with van der Waals surface area (Å²) in [5, 5.41) is 12.0. The van der Waals surface area contributed by atoms with Crippen molar-refractivity contribution in [2.45, 2.75) is 32.7 Å². The first-order valence-corrected chi connectivity index (χ1v) is 6.65. The van der Waals surface area contributed by atoms with Crippen LogP contribution in [0, 0.1) is 5.41 Å². The van der Waals surface area contributed by atoms with Gasteiger partial charge in [0.05, 0.1) is 18.1 Å². The van der Waals surface area contributed by atoms with Crippen molar-refractivity contribution in [3.8, 4) is 0 Å². The molecule has 0 aromatic rings. The molecule has 1 atom stereocenters. The molecule has 0 aromatic carbocycles. The van der Waals surface area contributed by atoms with Crippen molar-refractivity contribution < 1.29 is 19.4 Å². The smallest absolute Gasteiger partial charge is 0.309 e. The number of aliphatic carboxylic acids is 1. The third-order valence-electron chi connectivity index (χ3n) is 3.95. The summed E-state index contributed by atoms with van der Waals surface area (Å²) in [6.45, 7) is 5.90. The van der Waals surface area contributed by atoms with Gasteiger partial charge in [0.1, 0.15) is 0 Å². The number of carboxylic acids is 1. The summed E-state index contributed by atoms with van der Waals surface area (Å²) in [6.07, 6.45) is 1.16. The molecule has 1 unspecified atom stereocenters. The first-order valence-electron chi connectivity index (χ1n) is 6.65. The Morgan fingerprint density at radius 2 is 2.00 bits per heavy atom. The molecule has 0 spiro atoms. The molecular formula is C13H24N2O4. The Bertz CT molecular complexity index is 325. The average molecular weight is 272 g/mol. The lowest BCUT2D eigenvalue weighted by Gasteiger charge is -2.38. The molecule has 1 aliphatic heterocycles. The number of methoxy groups -OCH3 is 1. The molecule has 1 saturated heterocycles. The van der Waals surface area contributed by atoms with Crippen molar-refractivity contribution in [2.75, 3.05) is 33.4 Å². The molecule has 0 aliphatic carbocycles. The maximum absolute atomic E-state index is 11.9. The Balaban J connectivity index is 2.42. The number of ether oxygens (including phenoxy) is 1. The van der Waals surface area contributed by atoms with Gasteiger partial charge in [-0.25, -0.2) is 0 Å². The Morgan fingerprint density at radius 3 is 2.47 bits per heavy atom. The molecule has 110 valence electrons. The summed E-state index contributed by atoms with van der Waals surface area (Å²) in [4.78, 5) is 25.1. The quantitative estimate of drug-likeness (QED) is 0.681. The van der Waals surface area contributed by atoms with Gasteiger partial charge in [-0.05, 0) is 39.8 Å². The molecular weight excluding hydrogens is 248 g/mol. The highest BCUT2D eigenvalue weighted by molar-refractivity contribution is 5.81. The van der Waals surface area contributed by atoms with Crippen LogP contribution < -0.4 is 5.32 Å². The van der Waals surface area contributed by atoms with E-state index < -0.39 is 11.4 Å². The molecule has 19 heavy (non-hydrogen) atoms. The molecule has 0 bridgehead atoms. The van der Waals surface area contributed by atoms with Crippen LogP contribution in [-0.2, 0) is 14.3 Å². The third-order valence-corrected chi connectivity index (χ3v) is 3.95. The molecule has 6 nitrogen and oxygen atoms in total. The predicted molar refractivity (Wildman–Crippen MR) is 70.9 cm³/mol. The van der Waals surface area contributed by atoms with Crippen molar-refractivity contribution in [3.63, 3.8) is 0 Å². The summed E-state index contributed by atoms with van der Waals surface area (Å²) >= 11 is 0. The second-order valence-electron chi connectivity index (χ2n) is 5.36. The first-order chi connectivity index (χ1) is 8.90. The summed E-state index contributed by atoms with van der Waals surface area (Å²) in [5.41, 5.74) is -0.650. The number of hydrogen-bond acceptors (Lipinski definition) is 4. The number of nitrogens with zero attached hydrogens (tertiary/aromatic N) is 1. The molecule has 1 amide bonds. The van der Waals surface area contributed by atoms with Gasteiger partial charge in [-0.1, -0.05) is 0 Å². The Labute approximate surface area is 114 Å². The van der Waals surface area contributed by atoms with E-state index in [-0.39, 0.29) is 11.9 Å². The molecule has 1 heterocycles. The average Bonchev–Trinajstić information content (AvgIpc) is 2.39. The highest BCUT2D eigenvalue weighted by atomic mass is 16.5. The lowest BCUT2D eigenvalue weighted by molar-refractivity contribution is -0.151. The van der Waals surface area contributed by atoms with Crippen LogP contribution in [0.1, 0.15) is 26.7 Å². The highest BCUT2D eigenvalue weighted by Crippen LogP contribution is 2.31. The minimum atomic E-state index is -0.746. The van der Waals surface area contributed by atoms with Crippen LogP contribution in [0.5, 0.6) is 0 Å². The van der Waals surface area contributed by atoms with Crippen LogP contribution in [0.3, 0.4) is 0 Å². The van der Waals surface area contributed by atoms with Crippen molar-refractivity contribution in [1.29, 1.82) is 0 Å². The monoisotopic (exact) mass is 272 g/mol. The van der Waals surface area contributed by atoms with Gasteiger partial charge in [0, 0.05) is 13.7 Å². The van der Waals surface area contributed by atoms with Crippen molar-refractivity contribution in [2.24, 2.45) is 5.41 Å². The van der Waals surface area contributed by atoms with Crippen LogP contribution in [0.4, 0.5) is 0 Å². The van der Waals surface area contributed by atoms with Gasteiger partial charge in [0.25, 0.3) is 0 Å². The van der Waals surface area contributed by atoms with E-state index in [1.165, 1.54) is 0 Å². The van der Waals surface area contributed by atoms with E-state index in [0.29, 0.717) is 39.1 Å². The SMILES string of the molecule is COCCNC(=O)C(C)N1CCC(C)(C(=O)O)CC1. The van der Waals surface area contributed by atoms with Gasteiger partial charge in [-0.2, -0.15) is 0 Å². The second kappa shape index (κ2) is 6.86. The van der Waals surface area contributed by atoms with Gasteiger partial charge < -0.3 is 15.2 Å².